The van der Waals surface area contributed by atoms with Crippen LogP contribution in [0.4, 0.5) is 4.39 Å². The molecule has 0 radical (unpaired) electrons. The molecule has 23 heavy (non-hydrogen) atoms. The Morgan fingerprint density at radius 2 is 1.91 bits per heavy atom. The lowest BCUT2D eigenvalue weighted by atomic mass is 10.1. The lowest BCUT2D eigenvalue weighted by Crippen LogP contribution is -2.45. The fourth-order valence-corrected chi connectivity index (χ4v) is 2.40. The standard InChI is InChI=1S/C16H22ClFN2O3/c1-10(16(22)23)8-19(3)11(2)15(21)20(4)9-12-13(17)6-5-7-14(12)18/h5-7,10-11H,8-9H2,1-4H3,(H,22,23). The minimum Gasteiger partial charge on any atom is -0.481 e. The van der Waals surface area contributed by atoms with Crippen LogP contribution in [0.25, 0.3) is 0 Å². The highest BCUT2D eigenvalue weighted by molar-refractivity contribution is 6.31. The lowest BCUT2D eigenvalue weighted by Gasteiger charge is -2.29. The van der Waals surface area contributed by atoms with Gasteiger partial charge in [0, 0.05) is 30.7 Å². The van der Waals surface area contributed by atoms with Crippen molar-refractivity contribution in [1.82, 2.24) is 9.80 Å². The van der Waals surface area contributed by atoms with E-state index < -0.39 is 23.7 Å². The molecule has 5 nitrogen and oxygen atoms in total. The van der Waals surface area contributed by atoms with Gasteiger partial charge in [-0.05, 0) is 26.1 Å². The third kappa shape index (κ3) is 5.18. The second-order valence-corrected chi connectivity index (χ2v) is 6.16. The number of carboxylic acids is 1. The van der Waals surface area contributed by atoms with E-state index >= 15 is 0 Å². The predicted octanol–water partition coefficient (Wildman–Crippen LogP) is 2.48. The van der Waals surface area contributed by atoms with E-state index in [0.717, 1.165) is 0 Å². The SMILES string of the molecule is CC(CN(C)C(C)C(=O)N(C)Cc1c(F)cccc1Cl)C(=O)O. The van der Waals surface area contributed by atoms with Crippen LogP contribution in [-0.2, 0) is 16.1 Å². The maximum Gasteiger partial charge on any atom is 0.307 e. The summed E-state index contributed by atoms with van der Waals surface area (Å²) in [5.41, 5.74) is 0.263. The quantitative estimate of drug-likeness (QED) is 0.825. The van der Waals surface area contributed by atoms with E-state index in [1.165, 1.54) is 17.0 Å². The number of nitrogens with zero attached hydrogens (tertiary/aromatic N) is 2. The summed E-state index contributed by atoms with van der Waals surface area (Å²) in [6.07, 6.45) is 0. The molecule has 0 saturated heterocycles. The zero-order valence-corrected chi connectivity index (χ0v) is 14.5. The average molecular weight is 345 g/mol. The molecule has 0 spiro atoms. The van der Waals surface area contributed by atoms with E-state index in [2.05, 4.69) is 0 Å². The molecule has 1 amide bonds. The largest absolute Gasteiger partial charge is 0.481 e. The second kappa shape index (κ2) is 8.26. The van der Waals surface area contributed by atoms with Crippen LogP contribution in [0.2, 0.25) is 5.02 Å². The molecule has 1 rings (SSSR count). The number of rotatable bonds is 7. The number of likely N-dealkylation sites (N-methyl/N-ethyl adjacent to an activating group) is 2. The zero-order chi connectivity index (χ0) is 17.7. The highest BCUT2D eigenvalue weighted by Gasteiger charge is 2.25. The van der Waals surface area contributed by atoms with Crippen molar-refractivity contribution in [3.63, 3.8) is 0 Å². The first kappa shape index (κ1) is 19.4. The van der Waals surface area contributed by atoms with Gasteiger partial charge in [0.25, 0.3) is 0 Å². The number of amides is 1. The number of carbonyl (C=O) groups is 2. The van der Waals surface area contributed by atoms with E-state index in [0.29, 0.717) is 0 Å². The van der Waals surface area contributed by atoms with Gasteiger partial charge < -0.3 is 10.0 Å². The Morgan fingerprint density at radius 1 is 1.30 bits per heavy atom. The molecule has 0 fully saturated rings. The van der Waals surface area contributed by atoms with Gasteiger partial charge in [-0.15, -0.1) is 0 Å². The molecule has 1 N–H and O–H groups in total. The molecule has 0 aliphatic rings. The fourth-order valence-electron chi connectivity index (χ4n) is 2.17. The minimum atomic E-state index is -0.914. The summed E-state index contributed by atoms with van der Waals surface area (Å²) >= 11 is 5.97. The van der Waals surface area contributed by atoms with Crippen LogP contribution in [-0.4, -0.2) is 53.5 Å². The molecule has 1 aromatic rings. The van der Waals surface area contributed by atoms with Crippen LogP contribution < -0.4 is 0 Å². The summed E-state index contributed by atoms with van der Waals surface area (Å²) in [5, 5.41) is 9.21. The summed E-state index contributed by atoms with van der Waals surface area (Å²) < 4.78 is 13.8. The topological polar surface area (TPSA) is 60.9 Å². The van der Waals surface area contributed by atoms with Crippen molar-refractivity contribution in [2.24, 2.45) is 5.92 Å². The van der Waals surface area contributed by atoms with E-state index in [-0.39, 0.29) is 29.6 Å². The van der Waals surface area contributed by atoms with Gasteiger partial charge in [0.2, 0.25) is 5.91 Å². The third-order valence-corrected chi connectivity index (χ3v) is 4.19. The zero-order valence-electron chi connectivity index (χ0n) is 13.7. The Bertz CT molecular complexity index is 562. The first-order valence-corrected chi connectivity index (χ1v) is 7.63. The van der Waals surface area contributed by atoms with E-state index in [1.54, 1.807) is 38.9 Å². The van der Waals surface area contributed by atoms with E-state index in [4.69, 9.17) is 16.7 Å². The lowest BCUT2D eigenvalue weighted by molar-refractivity contribution is -0.143. The summed E-state index contributed by atoms with van der Waals surface area (Å²) in [7, 11) is 3.25. The van der Waals surface area contributed by atoms with E-state index in [9.17, 15) is 14.0 Å². The average Bonchev–Trinajstić information content (AvgIpc) is 2.49. The molecule has 0 aromatic heterocycles. The number of hydrogen-bond donors (Lipinski definition) is 1. The smallest absolute Gasteiger partial charge is 0.307 e. The summed E-state index contributed by atoms with van der Waals surface area (Å²) in [4.78, 5) is 26.4. The van der Waals surface area contributed by atoms with Gasteiger partial charge in [-0.25, -0.2) is 4.39 Å². The second-order valence-electron chi connectivity index (χ2n) is 5.75. The Balaban J connectivity index is 2.74. The molecule has 0 saturated carbocycles. The summed E-state index contributed by atoms with van der Waals surface area (Å²) in [6, 6.07) is 3.85. The van der Waals surface area contributed by atoms with Crippen molar-refractivity contribution in [3.05, 3.63) is 34.6 Å². The van der Waals surface area contributed by atoms with Gasteiger partial charge in [0.15, 0.2) is 0 Å². The van der Waals surface area contributed by atoms with Gasteiger partial charge >= 0.3 is 5.97 Å². The number of benzene rings is 1. The van der Waals surface area contributed by atoms with E-state index in [1.807, 2.05) is 0 Å². The first-order valence-electron chi connectivity index (χ1n) is 7.26. The van der Waals surface area contributed by atoms with Crippen molar-refractivity contribution < 1.29 is 19.1 Å². The Kier molecular flexibility index (Phi) is 6.97. The molecule has 0 heterocycles. The molecule has 1 aromatic carbocycles. The van der Waals surface area contributed by atoms with Crippen LogP contribution in [0.3, 0.4) is 0 Å². The van der Waals surface area contributed by atoms with Crippen molar-refractivity contribution in [2.75, 3.05) is 20.6 Å². The molecule has 0 bridgehead atoms. The van der Waals surface area contributed by atoms with Crippen LogP contribution in [0.1, 0.15) is 19.4 Å². The normalized spacial score (nSPS) is 13.7. The molecule has 0 aliphatic heterocycles. The molecular formula is C16H22ClFN2O3. The predicted molar refractivity (Wildman–Crippen MR) is 86.8 cm³/mol. The number of carbonyl (C=O) groups excluding carboxylic acids is 1. The van der Waals surface area contributed by atoms with Crippen molar-refractivity contribution in [3.8, 4) is 0 Å². The number of carboxylic acid groups (broad SMARTS) is 1. The number of halogens is 2. The highest BCUT2D eigenvalue weighted by Crippen LogP contribution is 2.20. The third-order valence-electron chi connectivity index (χ3n) is 3.84. The highest BCUT2D eigenvalue weighted by atomic mass is 35.5. The van der Waals surface area contributed by atoms with Gasteiger partial charge in [-0.3, -0.25) is 14.5 Å². The maximum absolute atomic E-state index is 13.8. The fraction of sp³-hybridized carbons (Fsp3) is 0.500. The number of aliphatic carboxylic acids is 1. The van der Waals surface area contributed by atoms with Crippen molar-refractivity contribution >= 4 is 23.5 Å². The Morgan fingerprint density at radius 3 is 2.43 bits per heavy atom. The molecule has 2 unspecified atom stereocenters. The Hall–Kier alpha value is -1.66. The monoisotopic (exact) mass is 344 g/mol. The van der Waals surface area contributed by atoms with Gasteiger partial charge in [0.1, 0.15) is 5.82 Å². The van der Waals surface area contributed by atoms with Crippen molar-refractivity contribution in [1.29, 1.82) is 0 Å². The Labute approximate surface area is 140 Å². The first-order chi connectivity index (χ1) is 10.6. The summed E-state index contributed by atoms with van der Waals surface area (Å²) in [6.45, 7) is 3.57. The maximum atomic E-state index is 13.8. The van der Waals surface area contributed by atoms with Gasteiger partial charge in [-0.2, -0.15) is 0 Å². The number of hydrogen-bond acceptors (Lipinski definition) is 3. The minimum absolute atomic E-state index is 0.0526. The van der Waals surface area contributed by atoms with Gasteiger partial charge in [-0.1, -0.05) is 24.6 Å². The molecule has 0 aliphatic carbocycles. The van der Waals surface area contributed by atoms with Crippen LogP contribution in [0.5, 0.6) is 0 Å². The molecule has 7 heteroatoms. The van der Waals surface area contributed by atoms with Crippen LogP contribution >= 0.6 is 11.6 Å². The van der Waals surface area contributed by atoms with Crippen LogP contribution in [0.15, 0.2) is 18.2 Å². The molecular weight excluding hydrogens is 323 g/mol. The van der Waals surface area contributed by atoms with Crippen molar-refractivity contribution in [2.45, 2.75) is 26.4 Å². The van der Waals surface area contributed by atoms with Crippen LogP contribution in [0, 0.1) is 11.7 Å². The molecule has 2 atom stereocenters. The molecule has 128 valence electrons. The summed E-state index contributed by atoms with van der Waals surface area (Å²) in [5.74, 6) is -2.19. The van der Waals surface area contributed by atoms with Gasteiger partial charge in [0.05, 0.1) is 12.0 Å².